The largest absolute Gasteiger partial charge is 0.294 e. The first-order chi connectivity index (χ1) is 14.1. The minimum Gasteiger partial charge on any atom is -0.282 e. The van der Waals surface area contributed by atoms with E-state index < -0.39 is 20.2 Å². The van der Waals surface area contributed by atoms with Crippen LogP contribution in [0.5, 0.6) is 0 Å². The molecule has 0 unspecified atom stereocenters. The lowest BCUT2D eigenvalue weighted by Gasteiger charge is -2.08. The van der Waals surface area contributed by atoms with Gasteiger partial charge in [-0.05, 0) is 104 Å². The number of benzene rings is 5. The van der Waals surface area contributed by atoms with Gasteiger partial charge in [0.15, 0.2) is 0 Å². The van der Waals surface area contributed by atoms with E-state index in [9.17, 15) is 25.9 Å². The Bertz CT molecular complexity index is 1610. The van der Waals surface area contributed by atoms with Crippen molar-refractivity contribution < 1.29 is 25.9 Å². The molecule has 8 heteroatoms. The van der Waals surface area contributed by atoms with Gasteiger partial charge in [-0.1, -0.05) is 12.1 Å². The molecule has 30 heavy (non-hydrogen) atoms. The Morgan fingerprint density at radius 3 is 0.967 bits per heavy atom. The molecule has 6 nitrogen and oxygen atoms in total. The van der Waals surface area contributed by atoms with Crippen LogP contribution in [-0.2, 0) is 20.2 Å². The molecule has 0 amide bonds. The number of fused-ring (bicyclic) bond motifs is 4. The summed E-state index contributed by atoms with van der Waals surface area (Å²) in [5.41, 5.74) is 0. The molecule has 0 aliphatic rings. The van der Waals surface area contributed by atoms with E-state index in [4.69, 9.17) is 0 Å². The van der Waals surface area contributed by atoms with Crippen LogP contribution in [0.2, 0.25) is 0 Å². The highest BCUT2D eigenvalue weighted by molar-refractivity contribution is 7.86. The molecule has 0 saturated heterocycles. The highest BCUT2D eigenvalue weighted by Gasteiger charge is 2.12. The average Bonchev–Trinajstić information content (AvgIpc) is 2.66. The summed E-state index contributed by atoms with van der Waals surface area (Å²) >= 11 is 0. The first-order valence-electron chi connectivity index (χ1n) is 8.88. The van der Waals surface area contributed by atoms with E-state index in [0.29, 0.717) is 10.8 Å². The Balaban J connectivity index is 1.78. The van der Waals surface area contributed by atoms with Crippen LogP contribution < -0.4 is 0 Å². The van der Waals surface area contributed by atoms with E-state index in [0.717, 1.165) is 32.3 Å². The van der Waals surface area contributed by atoms with E-state index in [1.165, 1.54) is 24.3 Å². The Kier molecular flexibility index (Phi) is 3.93. The van der Waals surface area contributed by atoms with E-state index >= 15 is 0 Å². The molecule has 0 fully saturated rings. The highest BCUT2D eigenvalue weighted by Crippen LogP contribution is 2.31. The van der Waals surface area contributed by atoms with E-state index in [-0.39, 0.29) is 9.79 Å². The Hall–Kier alpha value is -3.04. The van der Waals surface area contributed by atoms with Gasteiger partial charge in [0.2, 0.25) is 0 Å². The lowest BCUT2D eigenvalue weighted by Crippen LogP contribution is -1.97. The molecule has 0 radical (unpaired) electrons. The standard InChI is InChI=1S/C22H14O6S2/c23-29(24,25)21-3-1-13-5-15-7-18-10-20-12-22(30(26,27)28)4-2-14(20)6-16(18)8-17(15)9-19(13)11-21/h1-12H,(H,23,24,25)(H,26,27,28). The summed E-state index contributed by atoms with van der Waals surface area (Å²) in [7, 11) is -8.56. The fourth-order valence-electron chi connectivity index (χ4n) is 3.78. The van der Waals surface area contributed by atoms with Crippen LogP contribution >= 0.6 is 0 Å². The van der Waals surface area contributed by atoms with Crippen LogP contribution in [-0.4, -0.2) is 25.9 Å². The topological polar surface area (TPSA) is 109 Å². The molecule has 0 heterocycles. The summed E-state index contributed by atoms with van der Waals surface area (Å²) in [5, 5.41) is 6.69. The van der Waals surface area contributed by atoms with Crippen LogP contribution in [0.15, 0.2) is 82.6 Å². The second-order valence-corrected chi connectivity index (χ2v) is 10.1. The van der Waals surface area contributed by atoms with E-state index in [2.05, 4.69) is 0 Å². The molecule has 5 aromatic carbocycles. The predicted octanol–water partition coefficient (Wildman–Crippen LogP) is 4.79. The molecule has 5 rings (SSSR count). The summed E-state index contributed by atoms with van der Waals surface area (Å²) < 4.78 is 64.3. The minimum absolute atomic E-state index is 0.157. The zero-order valence-corrected chi connectivity index (χ0v) is 16.9. The van der Waals surface area contributed by atoms with Gasteiger partial charge < -0.3 is 0 Å². The third kappa shape index (κ3) is 3.20. The minimum atomic E-state index is -4.28. The molecule has 5 aromatic rings. The fourth-order valence-corrected chi connectivity index (χ4v) is 4.81. The molecule has 0 aliphatic heterocycles. The molecule has 0 aromatic heterocycles. The van der Waals surface area contributed by atoms with Gasteiger partial charge >= 0.3 is 0 Å². The van der Waals surface area contributed by atoms with Crippen molar-refractivity contribution in [1.82, 2.24) is 0 Å². The molecule has 0 atom stereocenters. The van der Waals surface area contributed by atoms with E-state index in [1.807, 2.05) is 36.4 Å². The maximum absolute atomic E-state index is 11.4. The molecule has 0 saturated carbocycles. The highest BCUT2D eigenvalue weighted by atomic mass is 32.2. The molecule has 0 spiro atoms. The molecular formula is C22H14O6S2. The second-order valence-electron chi connectivity index (χ2n) is 7.22. The van der Waals surface area contributed by atoms with Crippen molar-refractivity contribution in [3.05, 3.63) is 72.8 Å². The van der Waals surface area contributed by atoms with Crippen LogP contribution in [0, 0.1) is 0 Å². The summed E-state index contributed by atoms with van der Waals surface area (Å²) in [5.74, 6) is 0. The van der Waals surface area contributed by atoms with Crippen molar-refractivity contribution >= 4 is 63.3 Å². The molecule has 2 N–H and O–H groups in total. The summed E-state index contributed by atoms with van der Waals surface area (Å²) in [6.45, 7) is 0. The van der Waals surface area contributed by atoms with Gasteiger partial charge in [0, 0.05) is 0 Å². The zero-order valence-electron chi connectivity index (χ0n) is 15.3. The van der Waals surface area contributed by atoms with E-state index in [1.54, 1.807) is 12.1 Å². The third-order valence-corrected chi connectivity index (χ3v) is 6.94. The van der Waals surface area contributed by atoms with Gasteiger partial charge in [0.05, 0.1) is 9.79 Å². The fraction of sp³-hybridized carbons (Fsp3) is 0. The van der Waals surface area contributed by atoms with Crippen molar-refractivity contribution in [1.29, 1.82) is 0 Å². The zero-order chi connectivity index (χ0) is 21.3. The molecule has 0 aliphatic carbocycles. The number of hydrogen-bond donors (Lipinski definition) is 2. The maximum atomic E-state index is 11.4. The Morgan fingerprint density at radius 2 is 0.667 bits per heavy atom. The first-order valence-corrected chi connectivity index (χ1v) is 11.8. The molecule has 150 valence electrons. The lowest BCUT2D eigenvalue weighted by molar-refractivity contribution is 0.481. The van der Waals surface area contributed by atoms with Crippen molar-refractivity contribution in [2.45, 2.75) is 9.79 Å². The third-order valence-electron chi connectivity index (χ3n) is 5.24. The predicted molar refractivity (Wildman–Crippen MR) is 116 cm³/mol. The first kappa shape index (κ1) is 19.0. The maximum Gasteiger partial charge on any atom is 0.294 e. The smallest absolute Gasteiger partial charge is 0.282 e. The van der Waals surface area contributed by atoms with Gasteiger partial charge in [-0.25, -0.2) is 0 Å². The second kappa shape index (κ2) is 6.23. The Labute approximate surface area is 171 Å². The van der Waals surface area contributed by atoms with Gasteiger partial charge in [0.1, 0.15) is 0 Å². The van der Waals surface area contributed by atoms with Gasteiger partial charge in [0.25, 0.3) is 20.2 Å². The van der Waals surface area contributed by atoms with Crippen LogP contribution in [0.1, 0.15) is 0 Å². The van der Waals surface area contributed by atoms with Crippen molar-refractivity contribution in [3.8, 4) is 0 Å². The number of rotatable bonds is 2. The van der Waals surface area contributed by atoms with Crippen molar-refractivity contribution in [2.24, 2.45) is 0 Å². The van der Waals surface area contributed by atoms with Gasteiger partial charge in [-0.2, -0.15) is 16.8 Å². The summed E-state index contributed by atoms with van der Waals surface area (Å²) in [4.78, 5) is -0.313. The van der Waals surface area contributed by atoms with Gasteiger partial charge in [-0.3, -0.25) is 9.11 Å². The molecule has 0 bridgehead atoms. The summed E-state index contributed by atoms with van der Waals surface area (Å²) in [6.07, 6.45) is 0. The van der Waals surface area contributed by atoms with Crippen LogP contribution in [0.4, 0.5) is 0 Å². The quantitative estimate of drug-likeness (QED) is 0.303. The van der Waals surface area contributed by atoms with Crippen LogP contribution in [0.25, 0.3) is 43.1 Å². The van der Waals surface area contributed by atoms with Gasteiger partial charge in [-0.15, -0.1) is 0 Å². The summed E-state index contributed by atoms with van der Waals surface area (Å²) in [6, 6.07) is 20.4. The SMILES string of the molecule is O=S(=O)(O)c1ccc2cc3cc4cc5cc(S(=O)(=O)O)ccc5cc4cc3cc2c1. The van der Waals surface area contributed by atoms with Crippen molar-refractivity contribution in [3.63, 3.8) is 0 Å². The molecular weight excluding hydrogens is 424 g/mol. The monoisotopic (exact) mass is 438 g/mol. The number of hydrogen-bond acceptors (Lipinski definition) is 4. The normalized spacial score (nSPS) is 12.9. The van der Waals surface area contributed by atoms with Crippen molar-refractivity contribution in [2.75, 3.05) is 0 Å². The lowest BCUT2D eigenvalue weighted by atomic mass is 9.97. The Morgan fingerprint density at radius 1 is 0.400 bits per heavy atom. The average molecular weight is 438 g/mol. The van der Waals surface area contributed by atoms with Crippen LogP contribution in [0.3, 0.4) is 0 Å².